The van der Waals surface area contributed by atoms with Crippen molar-refractivity contribution < 1.29 is 9.53 Å². The lowest BCUT2D eigenvalue weighted by atomic mass is 10.2. The SMILES string of the molecule is CC(/C=N/NC=O)OCc1ccccc1. The van der Waals surface area contributed by atoms with Gasteiger partial charge in [0.15, 0.2) is 0 Å². The van der Waals surface area contributed by atoms with E-state index in [0.29, 0.717) is 13.0 Å². The fraction of sp³-hybridized carbons (Fsp3) is 0.273. The van der Waals surface area contributed by atoms with Gasteiger partial charge in [0.1, 0.15) is 0 Å². The molecule has 4 nitrogen and oxygen atoms in total. The highest BCUT2D eigenvalue weighted by atomic mass is 16.5. The Morgan fingerprint density at radius 2 is 2.20 bits per heavy atom. The van der Waals surface area contributed by atoms with Crippen molar-refractivity contribution in [3.63, 3.8) is 0 Å². The van der Waals surface area contributed by atoms with E-state index < -0.39 is 0 Å². The van der Waals surface area contributed by atoms with Gasteiger partial charge in [-0.25, -0.2) is 5.43 Å². The molecular formula is C11H14N2O2. The largest absolute Gasteiger partial charge is 0.368 e. The summed E-state index contributed by atoms with van der Waals surface area (Å²) >= 11 is 0. The Morgan fingerprint density at radius 3 is 2.87 bits per heavy atom. The fourth-order valence-corrected chi connectivity index (χ4v) is 1.02. The molecule has 0 heterocycles. The first-order chi connectivity index (χ1) is 7.33. The van der Waals surface area contributed by atoms with Gasteiger partial charge in [0.05, 0.1) is 18.9 Å². The number of hydrogen-bond donors (Lipinski definition) is 1. The Hall–Kier alpha value is -1.68. The molecule has 0 aliphatic rings. The minimum Gasteiger partial charge on any atom is -0.368 e. The first kappa shape index (κ1) is 11.4. The van der Waals surface area contributed by atoms with Gasteiger partial charge < -0.3 is 4.74 Å². The van der Waals surface area contributed by atoms with Gasteiger partial charge in [-0.05, 0) is 12.5 Å². The molecule has 1 aromatic rings. The first-order valence-corrected chi connectivity index (χ1v) is 4.71. The monoisotopic (exact) mass is 206 g/mol. The second-order valence-electron chi connectivity index (χ2n) is 3.03. The zero-order valence-electron chi connectivity index (χ0n) is 8.59. The highest BCUT2D eigenvalue weighted by Gasteiger charge is 1.98. The van der Waals surface area contributed by atoms with Crippen LogP contribution in [0.25, 0.3) is 0 Å². The second kappa shape index (κ2) is 6.73. The van der Waals surface area contributed by atoms with Crippen LogP contribution in [0.15, 0.2) is 35.4 Å². The quantitative estimate of drug-likeness (QED) is 0.433. The van der Waals surface area contributed by atoms with Gasteiger partial charge in [0, 0.05) is 0 Å². The number of nitrogens with one attached hydrogen (secondary N) is 1. The second-order valence-corrected chi connectivity index (χ2v) is 3.03. The van der Waals surface area contributed by atoms with Gasteiger partial charge in [-0.3, -0.25) is 4.79 Å². The maximum absolute atomic E-state index is 9.90. The molecule has 0 saturated carbocycles. The van der Waals surface area contributed by atoms with Crippen LogP contribution in [0.4, 0.5) is 0 Å². The summed E-state index contributed by atoms with van der Waals surface area (Å²) in [6, 6.07) is 9.88. The summed E-state index contributed by atoms with van der Waals surface area (Å²) in [6.45, 7) is 2.40. The molecule has 1 N–H and O–H groups in total. The van der Waals surface area contributed by atoms with Crippen LogP contribution in [0.5, 0.6) is 0 Å². The van der Waals surface area contributed by atoms with E-state index in [-0.39, 0.29) is 6.10 Å². The smallest absolute Gasteiger partial charge is 0.227 e. The summed E-state index contributed by atoms with van der Waals surface area (Å²) in [4.78, 5) is 9.90. The lowest BCUT2D eigenvalue weighted by Gasteiger charge is -2.07. The van der Waals surface area contributed by atoms with Crippen LogP contribution in [-0.4, -0.2) is 18.7 Å². The molecule has 0 saturated heterocycles. The molecule has 1 aromatic carbocycles. The molecule has 1 unspecified atom stereocenters. The molecule has 15 heavy (non-hydrogen) atoms. The number of ether oxygens (including phenoxy) is 1. The Morgan fingerprint density at radius 1 is 1.47 bits per heavy atom. The van der Waals surface area contributed by atoms with Crippen LogP contribution in [0.2, 0.25) is 0 Å². The number of amides is 1. The number of nitrogens with zero attached hydrogens (tertiary/aromatic N) is 1. The summed E-state index contributed by atoms with van der Waals surface area (Å²) < 4.78 is 5.47. The highest BCUT2D eigenvalue weighted by Crippen LogP contribution is 2.01. The van der Waals surface area contributed by atoms with E-state index >= 15 is 0 Å². The van der Waals surface area contributed by atoms with E-state index in [4.69, 9.17) is 4.74 Å². The maximum Gasteiger partial charge on any atom is 0.227 e. The maximum atomic E-state index is 9.90. The Balaban J connectivity index is 2.28. The first-order valence-electron chi connectivity index (χ1n) is 4.71. The van der Waals surface area contributed by atoms with E-state index in [1.54, 1.807) is 0 Å². The van der Waals surface area contributed by atoms with Crippen molar-refractivity contribution in [1.29, 1.82) is 0 Å². The average molecular weight is 206 g/mol. The molecule has 0 aliphatic carbocycles. The minimum absolute atomic E-state index is 0.127. The van der Waals surface area contributed by atoms with Crippen LogP contribution >= 0.6 is 0 Å². The van der Waals surface area contributed by atoms with Crippen molar-refractivity contribution >= 4 is 12.6 Å². The third-order valence-corrected chi connectivity index (χ3v) is 1.77. The lowest BCUT2D eigenvalue weighted by molar-refractivity contribution is -0.109. The number of hydrogen-bond acceptors (Lipinski definition) is 3. The van der Waals surface area contributed by atoms with Crippen LogP contribution in [-0.2, 0) is 16.1 Å². The Kier molecular flexibility index (Phi) is 5.11. The third-order valence-electron chi connectivity index (χ3n) is 1.77. The van der Waals surface area contributed by atoms with Crippen LogP contribution in [0, 0.1) is 0 Å². The van der Waals surface area contributed by atoms with Crippen molar-refractivity contribution in [3.05, 3.63) is 35.9 Å². The van der Waals surface area contributed by atoms with E-state index in [2.05, 4.69) is 10.5 Å². The minimum atomic E-state index is -0.127. The van der Waals surface area contributed by atoms with Crippen molar-refractivity contribution in [1.82, 2.24) is 5.43 Å². The molecule has 1 atom stereocenters. The van der Waals surface area contributed by atoms with Crippen molar-refractivity contribution in [2.45, 2.75) is 19.6 Å². The zero-order valence-corrected chi connectivity index (χ0v) is 8.59. The molecule has 0 bridgehead atoms. The fourth-order valence-electron chi connectivity index (χ4n) is 1.02. The van der Waals surface area contributed by atoms with Gasteiger partial charge >= 0.3 is 0 Å². The Bertz CT molecular complexity index is 312. The van der Waals surface area contributed by atoms with E-state index in [1.807, 2.05) is 37.3 Å². The molecule has 1 rings (SSSR count). The molecule has 0 fully saturated rings. The summed E-state index contributed by atoms with van der Waals surface area (Å²) in [5.41, 5.74) is 3.30. The highest BCUT2D eigenvalue weighted by molar-refractivity contribution is 5.63. The summed E-state index contributed by atoms with van der Waals surface area (Å²) in [5, 5.41) is 3.63. The average Bonchev–Trinajstić information content (AvgIpc) is 2.28. The standard InChI is InChI=1S/C11H14N2O2/c1-10(7-12-13-9-14)15-8-11-5-3-2-4-6-11/h2-7,9-10H,8H2,1H3,(H,13,14)/b12-7+. The molecule has 0 spiro atoms. The molecule has 0 radical (unpaired) electrons. The number of rotatable bonds is 6. The van der Waals surface area contributed by atoms with E-state index in [9.17, 15) is 4.79 Å². The predicted octanol–water partition coefficient (Wildman–Crippen LogP) is 1.32. The summed E-state index contributed by atoms with van der Waals surface area (Å²) in [5.74, 6) is 0. The lowest BCUT2D eigenvalue weighted by Crippen LogP contribution is -2.12. The summed E-state index contributed by atoms with van der Waals surface area (Å²) in [7, 11) is 0. The summed E-state index contributed by atoms with van der Waals surface area (Å²) in [6.07, 6.45) is 1.93. The van der Waals surface area contributed by atoms with Crippen molar-refractivity contribution in [3.8, 4) is 0 Å². The number of benzene rings is 1. The van der Waals surface area contributed by atoms with Gasteiger partial charge in [0.25, 0.3) is 0 Å². The molecular weight excluding hydrogens is 192 g/mol. The Labute approximate surface area is 88.9 Å². The molecule has 80 valence electrons. The number of hydrazone groups is 1. The normalized spacial score (nSPS) is 12.6. The van der Waals surface area contributed by atoms with E-state index in [0.717, 1.165) is 5.56 Å². The van der Waals surface area contributed by atoms with Gasteiger partial charge in [-0.1, -0.05) is 30.3 Å². The van der Waals surface area contributed by atoms with Gasteiger partial charge in [-0.2, -0.15) is 5.10 Å². The van der Waals surface area contributed by atoms with Crippen molar-refractivity contribution in [2.24, 2.45) is 5.10 Å². The molecule has 1 amide bonds. The molecule has 0 aliphatic heterocycles. The number of carbonyl (C=O) groups excluding carboxylic acids is 1. The van der Waals surface area contributed by atoms with Crippen LogP contribution < -0.4 is 5.43 Å². The van der Waals surface area contributed by atoms with Gasteiger partial charge in [0.2, 0.25) is 6.41 Å². The van der Waals surface area contributed by atoms with Gasteiger partial charge in [-0.15, -0.1) is 0 Å². The topological polar surface area (TPSA) is 50.7 Å². The van der Waals surface area contributed by atoms with E-state index in [1.165, 1.54) is 6.21 Å². The van der Waals surface area contributed by atoms with Crippen LogP contribution in [0.3, 0.4) is 0 Å². The van der Waals surface area contributed by atoms with Crippen LogP contribution in [0.1, 0.15) is 12.5 Å². The molecule has 0 aromatic heterocycles. The molecule has 4 heteroatoms. The number of carbonyl (C=O) groups is 1. The van der Waals surface area contributed by atoms with Crippen molar-refractivity contribution in [2.75, 3.05) is 0 Å². The third kappa shape index (κ3) is 4.93. The zero-order chi connectivity index (χ0) is 10.9. The predicted molar refractivity (Wildman–Crippen MR) is 58.4 cm³/mol.